The summed E-state index contributed by atoms with van der Waals surface area (Å²) in [4.78, 5) is 15.5. The molecule has 0 aliphatic heterocycles. The molecule has 0 radical (unpaired) electrons. The van der Waals surface area contributed by atoms with Crippen LogP contribution in [0.15, 0.2) is 18.2 Å². The second kappa shape index (κ2) is 4.57. The number of hydrogen-bond acceptors (Lipinski definition) is 3. The van der Waals surface area contributed by atoms with E-state index in [1.54, 1.807) is 6.07 Å². The summed E-state index contributed by atoms with van der Waals surface area (Å²) in [5, 5.41) is 3.22. The molecule has 1 amide bonds. The molecule has 0 aliphatic carbocycles. The third-order valence-electron chi connectivity index (χ3n) is 2.07. The van der Waals surface area contributed by atoms with Gasteiger partial charge in [0.05, 0.1) is 10.2 Å². The summed E-state index contributed by atoms with van der Waals surface area (Å²) in [6, 6.07) is 4.39. The quantitative estimate of drug-likeness (QED) is 0.892. The van der Waals surface area contributed by atoms with Crippen molar-refractivity contribution < 1.29 is 9.18 Å². The molecule has 84 valence electrons. The Balaban J connectivity index is 2.23. The number of thiazole rings is 1. The van der Waals surface area contributed by atoms with Crippen LogP contribution in [-0.4, -0.2) is 10.9 Å². The highest BCUT2D eigenvalue weighted by Crippen LogP contribution is 2.26. The summed E-state index contributed by atoms with van der Waals surface area (Å²) < 4.78 is 13.7. The van der Waals surface area contributed by atoms with Gasteiger partial charge in [0.15, 0.2) is 5.13 Å². The van der Waals surface area contributed by atoms with Gasteiger partial charge in [-0.1, -0.05) is 18.3 Å². The summed E-state index contributed by atoms with van der Waals surface area (Å²) >= 11 is 1.28. The molecule has 0 unspecified atom stereocenters. The van der Waals surface area contributed by atoms with E-state index in [1.807, 2.05) is 6.92 Å². The second-order valence-electron chi connectivity index (χ2n) is 3.43. The largest absolute Gasteiger partial charge is 0.302 e. The first-order chi connectivity index (χ1) is 7.69. The maximum absolute atomic E-state index is 12.9. The van der Waals surface area contributed by atoms with Gasteiger partial charge in [0.2, 0.25) is 5.91 Å². The van der Waals surface area contributed by atoms with E-state index in [9.17, 15) is 9.18 Å². The van der Waals surface area contributed by atoms with E-state index in [4.69, 9.17) is 0 Å². The lowest BCUT2D eigenvalue weighted by Gasteiger charge is -1.97. The highest BCUT2D eigenvalue weighted by Gasteiger charge is 2.07. The van der Waals surface area contributed by atoms with E-state index in [2.05, 4.69) is 10.3 Å². The maximum Gasteiger partial charge on any atom is 0.226 e. The minimum Gasteiger partial charge on any atom is -0.302 e. The number of carbonyl (C=O) groups is 1. The molecule has 1 N–H and O–H groups in total. The third-order valence-corrected chi connectivity index (χ3v) is 3.01. The summed E-state index contributed by atoms with van der Waals surface area (Å²) in [5.41, 5.74) is 0.707. The average Bonchev–Trinajstić information content (AvgIpc) is 2.59. The lowest BCUT2D eigenvalue weighted by Crippen LogP contribution is -2.09. The number of amides is 1. The Morgan fingerprint density at radius 3 is 3.12 bits per heavy atom. The number of carbonyl (C=O) groups excluding carboxylic acids is 1. The van der Waals surface area contributed by atoms with E-state index in [-0.39, 0.29) is 11.7 Å². The van der Waals surface area contributed by atoms with Crippen molar-refractivity contribution in [3.8, 4) is 0 Å². The van der Waals surface area contributed by atoms with E-state index in [0.717, 1.165) is 11.1 Å². The van der Waals surface area contributed by atoms with Gasteiger partial charge in [0.25, 0.3) is 0 Å². The number of benzene rings is 1. The van der Waals surface area contributed by atoms with Gasteiger partial charge >= 0.3 is 0 Å². The summed E-state index contributed by atoms with van der Waals surface area (Å²) in [6.07, 6.45) is 1.27. The van der Waals surface area contributed by atoms with Gasteiger partial charge in [-0.2, -0.15) is 0 Å². The fourth-order valence-electron chi connectivity index (χ4n) is 1.36. The van der Waals surface area contributed by atoms with Crippen LogP contribution < -0.4 is 5.32 Å². The second-order valence-corrected chi connectivity index (χ2v) is 4.46. The van der Waals surface area contributed by atoms with Crippen LogP contribution in [-0.2, 0) is 4.79 Å². The zero-order chi connectivity index (χ0) is 11.5. The summed E-state index contributed by atoms with van der Waals surface area (Å²) in [6.45, 7) is 1.94. The van der Waals surface area contributed by atoms with Gasteiger partial charge in [-0.15, -0.1) is 0 Å². The van der Waals surface area contributed by atoms with Crippen molar-refractivity contribution in [3.05, 3.63) is 24.0 Å². The standard InChI is InChI=1S/C11H11FN2OS/c1-2-3-10(15)14-11-13-8-5-4-7(12)6-9(8)16-11/h4-6H,2-3H2,1H3,(H,13,14,15). The molecule has 0 saturated carbocycles. The number of halogens is 1. The molecule has 16 heavy (non-hydrogen) atoms. The zero-order valence-electron chi connectivity index (χ0n) is 8.79. The van der Waals surface area contributed by atoms with Crippen molar-refractivity contribution in [2.45, 2.75) is 19.8 Å². The molecule has 0 bridgehead atoms. The van der Waals surface area contributed by atoms with Crippen LogP contribution in [0.4, 0.5) is 9.52 Å². The normalized spacial score (nSPS) is 10.6. The van der Waals surface area contributed by atoms with Gasteiger partial charge in [-0.25, -0.2) is 9.37 Å². The zero-order valence-corrected chi connectivity index (χ0v) is 9.60. The number of anilines is 1. The lowest BCUT2D eigenvalue weighted by atomic mass is 10.3. The Bertz CT molecular complexity index is 524. The van der Waals surface area contributed by atoms with Gasteiger partial charge in [-0.3, -0.25) is 4.79 Å². The van der Waals surface area contributed by atoms with Crippen LogP contribution in [0.5, 0.6) is 0 Å². The molecular formula is C11H11FN2OS. The average molecular weight is 238 g/mol. The monoisotopic (exact) mass is 238 g/mol. The Hall–Kier alpha value is -1.49. The Kier molecular flexibility index (Phi) is 3.14. The molecule has 0 fully saturated rings. The highest BCUT2D eigenvalue weighted by molar-refractivity contribution is 7.22. The fraction of sp³-hybridized carbons (Fsp3) is 0.273. The summed E-state index contributed by atoms with van der Waals surface area (Å²) in [5.74, 6) is -0.343. The molecule has 1 aromatic carbocycles. The van der Waals surface area contributed by atoms with Crippen molar-refractivity contribution in [3.63, 3.8) is 0 Å². The van der Waals surface area contributed by atoms with E-state index >= 15 is 0 Å². The van der Waals surface area contributed by atoms with Crippen LogP contribution in [0.25, 0.3) is 10.2 Å². The highest BCUT2D eigenvalue weighted by atomic mass is 32.1. The smallest absolute Gasteiger partial charge is 0.226 e. The topological polar surface area (TPSA) is 42.0 Å². The van der Waals surface area contributed by atoms with Gasteiger partial charge in [0, 0.05) is 6.42 Å². The molecule has 1 heterocycles. The van der Waals surface area contributed by atoms with Crippen molar-refractivity contribution >= 4 is 32.6 Å². The number of aromatic nitrogens is 1. The van der Waals surface area contributed by atoms with Crippen LogP contribution in [0, 0.1) is 5.82 Å². The van der Waals surface area contributed by atoms with Crippen molar-refractivity contribution in [2.75, 3.05) is 5.32 Å². The van der Waals surface area contributed by atoms with Crippen LogP contribution >= 0.6 is 11.3 Å². The first-order valence-corrected chi connectivity index (χ1v) is 5.86. The first-order valence-electron chi connectivity index (χ1n) is 5.05. The number of fused-ring (bicyclic) bond motifs is 1. The lowest BCUT2D eigenvalue weighted by molar-refractivity contribution is -0.116. The Morgan fingerprint density at radius 2 is 2.38 bits per heavy atom. The fourth-order valence-corrected chi connectivity index (χ4v) is 2.27. The number of nitrogens with one attached hydrogen (secondary N) is 1. The van der Waals surface area contributed by atoms with Crippen molar-refractivity contribution in [1.82, 2.24) is 4.98 Å². The molecule has 5 heteroatoms. The van der Waals surface area contributed by atoms with E-state index < -0.39 is 0 Å². The predicted octanol–water partition coefficient (Wildman–Crippen LogP) is 3.17. The Morgan fingerprint density at radius 1 is 1.56 bits per heavy atom. The third kappa shape index (κ3) is 2.36. The molecule has 1 aromatic heterocycles. The molecule has 0 aliphatic rings. The minimum atomic E-state index is -0.289. The molecule has 0 spiro atoms. The minimum absolute atomic E-state index is 0.0537. The van der Waals surface area contributed by atoms with E-state index in [0.29, 0.717) is 17.1 Å². The molecule has 0 saturated heterocycles. The van der Waals surface area contributed by atoms with Crippen LogP contribution in [0.3, 0.4) is 0 Å². The SMILES string of the molecule is CCCC(=O)Nc1nc2ccc(F)cc2s1. The Labute approximate surface area is 96.3 Å². The molecule has 2 aromatic rings. The number of nitrogens with zero attached hydrogens (tertiary/aromatic N) is 1. The van der Waals surface area contributed by atoms with Gasteiger partial charge < -0.3 is 5.32 Å². The van der Waals surface area contributed by atoms with Gasteiger partial charge in [0.1, 0.15) is 5.82 Å². The van der Waals surface area contributed by atoms with Gasteiger partial charge in [-0.05, 0) is 24.6 Å². The number of hydrogen-bond donors (Lipinski definition) is 1. The van der Waals surface area contributed by atoms with Crippen LogP contribution in [0.1, 0.15) is 19.8 Å². The molecule has 0 atom stereocenters. The van der Waals surface area contributed by atoms with Crippen molar-refractivity contribution in [2.24, 2.45) is 0 Å². The maximum atomic E-state index is 12.9. The van der Waals surface area contributed by atoms with Crippen molar-refractivity contribution in [1.29, 1.82) is 0 Å². The molecular weight excluding hydrogens is 227 g/mol. The summed E-state index contributed by atoms with van der Waals surface area (Å²) in [7, 11) is 0. The molecule has 2 rings (SSSR count). The molecule has 3 nitrogen and oxygen atoms in total. The number of rotatable bonds is 3. The van der Waals surface area contributed by atoms with Crippen LogP contribution in [0.2, 0.25) is 0 Å². The first kappa shape index (κ1) is 11.0. The predicted molar refractivity (Wildman–Crippen MR) is 63.1 cm³/mol. The van der Waals surface area contributed by atoms with E-state index in [1.165, 1.54) is 23.5 Å².